The van der Waals surface area contributed by atoms with Gasteiger partial charge in [0.05, 0.1) is 12.0 Å². The molecule has 0 aliphatic heterocycles. The zero-order valence-corrected chi connectivity index (χ0v) is 6.59. The van der Waals surface area contributed by atoms with Gasteiger partial charge in [-0.05, 0) is 19.8 Å². The molecule has 0 saturated heterocycles. The summed E-state index contributed by atoms with van der Waals surface area (Å²) < 4.78 is 2.06. The number of rotatable bonds is 2. The van der Waals surface area contributed by atoms with E-state index in [1.165, 1.54) is 5.69 Å². The van der Waals surface area contributed by atoms with Crippen molar-refractivity contribution < 1.29 is 0 Å². The molecule has 1 heterocycles. The topological polar surface area (TPSA) is 17.8 Å². The Bertz CT molecular complexity index is 194. The predicted molar refractivity (Wildman–Crippen MR) is 41.6 cm³/mol. The van der Waals surface area contributed by atoms with Crippen LogP contribution in [0.2, 0.25) is 0 Å². The fourth-order valence-corrected chi connectivity index (χ4v) is 1.10. The molecule has 0 aromatic carbocycles. The van der Waals surface area contributed by atoms with Crippen molar-refractivity contribution >= 4 is 0 Å². The van der Waals surface area contributed by atoms with Crippen molar-refractivity contribution in [2.24, 2.45) is 7.05 Å². The van der Waals surface area contributed by atoms with E-state index < -0.39 is 0 Å². The molecule has 1 rings (SSSR count). The van der Waals surface area contributed by atoms with Crippen LogP contribution in [0.1, 0.15) is 17.8 Å². The second-order valence-electron chi connectivity index (χ2n) is 2.49. The maximum atomic E-state index is 4.17. The van der Waals surface area contributed by atoms with Gasteiger partial charge in [0.2, 0.25) is 0 Å². The van der Waals surface area contributed by atoms with Crippen molar-refractivity contribution in [3.63, 3.8) is 0 Å². The van der Waals surface area contributed by atoms with Gasteiger partial charge in [0.25, 0.3) is 0 Å². The molecule has 0 amide bonds. The quantitative estimate of drug-likeness (QED) is 0.604. The van der Waals surface area contributed by atoms with E-state index in [4.69, 9.17) is 0 Å². The predicted octanol–water partition coefficient (Wildman–Crippen LogP) is 1.50. The van der Waals surface area contributed by atoms with Crippen LogP contribution in [0.25, 0.3) is 0 Å². The van der Waals surface area contributed by atoms with Gasteiger partial charge in [0.1, 0.15) is 0 Å². The van der Waals surface area contributed by atoms with Crippen LogP contribution >= 0.6 is 0 Å². The zero-order chi connectivity index (χ0) is 7.56. The number of nitrogens with zero attached hydrogens (tertiary/aromatic N) is 2. The van der Waals surface area contributed by atoms with Gasteiger partial charge in [-0.2, -0.15) is 0 Å². The van der Waals surface area contributed by atoms with Gasteiger partial charge in [-0.15, -0.1) is 0 Å². The molecule has 1 radical (unpaired) electrons. The van der Waals surface area contributed by atoms with Crippen LogP contribution in [0.4, 0.5) is 0 Å². The third-order valence-corrected chi connectivity index (χ3v) is 1.68. The van der Waals surface area contributed by atoms with Crippen molar-refractivity contribution in [1.82, 2.24) is 9.55 Å². The lowest BCUT2D eigenvalue weighted by Crippen LogP contribution is -1.95. The van der Waals surface area contributed by atoms with Crippen LogP contribution in [-0.2, 0) is 13.5 Å². The van der Waals surface area contributed by atoms with Gasteiger partial charge < -0.3 is 4.57 Å². The summed E-state index contributed by atoms with van der Waals surface area (Å²) in [6.45, 7) is 5.83. The van der Waals surface area contributed by atoms with E-state index in [1.807, 2.05) is 20.3 Å². The van der Waals surface area contributed by atoms with Crippen LogP contribution in [0.5, 0.6) is 0 Å². The van der Waals surface area contributed by atoms with E-state index in [1.54, 1.807) is 0 Å². The molecule has 0 spiro atoms. The van der Waals surface area contributed by atoms with E-state index in [0.29, 0.717) is 0 Å². The average Bonchev–Trinajstić information content (AvgIpc) is 2.20. The van der Waals surface area contributed by atoms with Crippen molar-refractivity contribution in [2.75, 3.05) is 0 Å². The number of aromatic nitrogens is 2. The molecule has 2 heteroatoms. The number of aryl methyl sites for hydroxylation is 2. The first-order chi connectivity index (χ1) is 4.75. The molecule has 0 unspecified atom stereocenters. The molecule has 0 aliphatic rings. The Morgan fingerprint density at radius 3 is 2.80 bits per heavy atom. The minimum Gasteiger partial charge on any atom is -0.337 e. The Balaban J connectivity index is 2.87. The fourth-order valence-electron chi connectivity index (χ4n) is 1.10. The number of hydrogen-bond acceptors (Lipinski definition) is 1. The van der Waals surface area contributed by atoms with Gasteiger partial charge in [0.15, 0.2) is 0 Å². The first kappa shape index (κ1) is 7.32. The highest BCUT2D eigenvalue weighted by Crippen LogP contribution is 2.06. The van der Waals surface area contributed by atoms with Gasteiger partial charge in [-0.3, -0.25) is 0 Å². The normalized spacial score (nSPS) is 10.3. The summed E-state index contributed by atoms with van der Waals surface area (Å²) in [6, 6.07) is 0. The van der Waals surface area contributed by atoms with E-state index in [2.05, 4.69) is 16.5 Å². The Kier molecular flexibility index (Phi) is 2.10. The number of hydrogen-bond donors (Lipinski definition) is 0. The third-order valence-electron chi connectivity index (χ3n) is 1.68. The van der Waals surface area contributed by atoms with E-state index in [0.717, 1.165) is 18.5 Å². The Labute approximate surface area is 61.9 Å². The van der Waals surface area contributed by atoms with Crippen molar-refractivity contribution in [2.45, 2.75) is 19.8 Å². The largest absolute Gasteiger partial charge is 0.337 e. The van der Waals surface area contributed by atoms with Gasteiger partial charge in [-0.25, -0.2) is 4.98 Å². The van der Waals surface area contributed by atoms with Crippen LogP contribution < -0.4 is 0 Å². The summed E-state index contributed by atoms with van der Waals surface area (Å²) in [5, 5.41) is 0. The average molecular weight is 137 g/mol. The van der Waals surface area contributed by atoms with Gasteiger partial charge in [-0.1, -0.05) is 6.92 Å². The molecule has 1 aromatic rings. The second kappa shape index (κ2) is 2.86. The van der Waals surface area contributed by atoms with Crippen molar-refractivity contribution in [3.8, 4) is 0 Å². The molecular formula is C8H13N2. The molecule has 0 N–H and O–H groups in total. The van der Waals surface area contributed by atoms with Gasteiger partial charge in [0, 0.05) is 12.7 Å². The zero-order valence-electron chi connectivity index (χ0n) is 6.59. The van der Waals surface area contributed by atoms with Crippen molar-refractivity contribution in [1.29, 1.82) is 0 Å². The molecule has 2 nitrogen and oxygen atoms in total. The molecule has 0 saturated carbocycles. The Morgan fingerprint density at radius 2 is 2.40 bits per heavy atom. The van der Waals surface area contributed by atoms with E-state index in [9.17, 15) is 0 Å². The molecule has 0 aliphatic carbocycles. The summed E-state index contributed by atoms with van der Waals surface area (Å²) in [6.07, 6.45) is 3.82. The van der Waals surface area contributed by atoms with Crippen LogP contribution in [0.3, 0.4) is 0 Å². The van der Waals surface area contributed by atoms with Crippen molar-refractivity contribution in [3.05, 3.63) is 24.6 Å². The van der Waals surface area contributed by atoms with E-state index in [-0.39, 0.29) is 0 Å². The highest BCUT2D eigenvalue weighted by molar-refractivity contribution is 5.10. The SMILES string of the molecule is [CH2]CCc1c(C)ncn1C. The minimum absolute atomic E-state index is 0.945. The van der Waals surface area contributed by atoms with Gasteiger partial charge >= 0.3 is 0 Å². The third kappa shape index (κ3) is 1.20. The van der Waals surface area contributed by atoms with Crippen LogP contribution in [0, 0.1) is 13.8 Å². The fraction of sp³-hybridized carbons (Fsp3) is 0.500. The summed E-state index contributed by atoms with van der Waals surface area (Å²) in [4.78, 5) is 4.17. The highest BCUT2D eigenvalue weighted by Gasteiger charge is 2.00. The lowest BCUT2D eigenvalue weighted by Gasteiger charge is -1.99. The summed E-state index contributed by atoms with van der Waals surface area (Å²) in [5.41, 5.74) is 2.43. The highest BCUT2D eigenvalue weighted by atomic mass is 15.0. The molecule has 0 fully saturated rings. The Morgan fingerprint density at radius 1 is 1.70 bits per heavy atom. The molecule has 0 bridgehead atoms. The smallest absolute Gasteiger partial charge is 0.0948 e. The van der Waals surface area contributed by atoms with Crippen LogP contribution in [0.15, 0.2) is 6.33 Å². The van der Waals surface area contributed by atoms with Crippen LogP contribution in [-0.4, -0.2) is 9.55 Å². The first-order valence-electron chi connectivity index (χ1n) is 3.51. The number of imidazole rings is 1. The Hall–Kier alpha value is -0.790. The monoisotopic (exact) mass is 137 g/mol. The first-order valence-corrected chi connectivity index (χ1v) is 3.51. The van der Waals surface area contributed by atoms with E-state index >= 15 is 0 Å². The lowest BCUT2D eigenvalue weighted by molar-refractivity contribution is 0.802. The maximum absolute atomic E-state index is 4.17. The molecule has 55 valence electrons. The summed E-state index contributed by atoms with van der Waals surface area (Å²) in [5.74, 6) is 0. The summed E-state index contributed by atoms with van der Waals surface area (Å²) in [7, 11) is 2.02. The molecule has 1 aromatic heterocycles. The molecule has 10 heavy (non-hydrogen) atoms. The summed E-state index contributed by atoms with van der Waals surface area (Å²) >= 11 is 0. The maximum Gasteiger partial charge on any atom is 0.0948 e. The second-order valence-corrected chi connectivity index (χ2v) is 2.49. The molecular weight excluding hydrogens is 124 g/mol. The lowest BCUT2D eigenvalue weighted by atomic mass is 10.2. The molecule has 0 atom stereocenters. The standard InChI is InChI=1S/C8H13N2/c1-4-5-8-7(2)9-6-10(8)3/h6H,1,4-5H2,2-3H3. The minimum atomic E-state index is 0.945.